The van der Waals surface area contributed by atoms with Crippen LogP contribution < -0.4 is 5.32 Å². The maximum Gasteiger partial charge on any atom is 0.232 e. The number of morpholine rings is 1. The van der Waals surface area contributed by atoms with E-state index in [4.69, 9.17) is 14.5 Å². The number of amides is 1. The fourth-order valence-corrected chi connectivity index (χ4v) is 3.50. The van der Waals surface area contributed by atoms with Crippen LogP contribution in [0.25, 0.3) is 0 Å². The summed E-state index contributed by atoms with van der Waals surface area (Å²) in [5.74, 6) is 1.41. The summed E-state index contributed by atoms with van der Waals surface area (Å²) < 4.78 is 11.2. The van der Waals surface area contributed by atoms with E-state index in [2.05, 4.69) is 17.1 Å². The lowest BCUT2D eigenvalue weighted by molar-refractivity contribution is -0.136. The average Bonchev–Trinajstić information content (AvgIpc) is 3.61. The standard InChI is InChI=1S/C23H36N4O3/c1-3-24-23(26(2)11-14-30-18-19-9-10-19)25-17-21(20-7-5-4-6-8-20)22(28)27-12-15-29-16-13-27/h4-8,19,21H,3,9-18H2,1-2H3,(H,24,25). The van der Waals surface area contributed by atoms with Gasteiger partial charge in [-0.3, -0.25) is 9.79 Å². The minimum absolute atomic E-state index is 0.125. The van der Waals surface area contributed by atoms with E-state index in [1.807, 2.05) is 42.3 Å². The summed E-state index contributed by atoms with van der Waals surface area (Å²) in [7, 11) is 2.02. The summed E-state index contributed by atoms with van der Waals surface area (Å²) in [5.41, 5.74) is 1.00. The van der Waals surface area contributed by atoms with Gasteiger partial charge in [-0.2, -0.15) is 0 Å². The lowest BCUT2D eigenvalue weighted by Crippen LogP contribution is -2.44. The number of nitrogens with zero attached hydrogens (tertiary/aromatic N) is 3. The molecule has 0 aromatic heterocycles. The van der Waals surface area contributed by atoms with Crippen LogP contribution in [0, 0.1) is 5.92 Å². The van der Waals surface area contributed by atoms with E-state index >= 15 is 0 Å². The van der Waals surface area contributed by atoms with Gasteiger partial charge in [0, 0.05) is 39.8 Å². The Hall–Kier alpha value is -2.12. The van der Waals surface area contributed by atoms with Gasteiger partial charge in [0.1, 0.15) is 0 Å². The second-order valence-corrected chi connectivity index (χ2v) is 8.04. The normalized spacial score (nSPS) is 18.2. The van der Waals surface area contributed by atoms with Crippen molar-refractivity contribution in [1.82, 2.24) is 15.1 Å². The predicted molar refractivity (Wildman–Crippen MR) is 119 cm³/mol. The van der Waals surface area contributed by atoms with Gasteiger partial charge in [0.25, 0.3) is 0 Å². The van der Waals surface area contributed by atoms with Crippen molar-refractivity contribution in [3.63, 3.8) is 0 Å². The molecule has 7 nitrogen and oxygen atoms in total. The van der Waals surface area contributed by atoms with Crippen molar-refractivity contribution < 1.29 is 14.3 Å². The van der Waals surface area contributed by atoms with Crippen molar-refractivity contribution in [1.29, 1.82) is 0 Å². The Balaban J connectivity index is 1.64. The zero-order valence-electron chi connectivity index (χ0n) is 18.4. The van der Waals surface area contributed by atoms with Crippen LogP contribution >= 0.6 is 0 Å². The minimum atomic E-state index is -0.294. The molecule has 1 unspecified atom stereocenters. The third kappa shape index (κ3) is 6.99. The summed E-state index contributed by atoms with van der Waals surface area (Å²) >= 11 is 0. The third-order valence-electron chi connectivity index (χ3n) is 5.56. The van der Waals surface area contributed by atoms with Crippen LogP contribution in [0.15, 0.2) is 35.3 Å². The van der Waals surface area contributed by atoms with Crippen LogP contribution in [0.4, 0.5) is 0 Å². The molecule has 1 amide bonds. The number of carbonyl (C=O) groups excluding carboxylic acids is 1. The molecule has 1 aromatic carbocycles. The molecule has 2 fully saturated rings. The summed E-state index contributed by atoms with van der Waals surface area (Å²) in [6.45, 7) is 8.06. The molecule has 1 aliphatic carbocycles. The number of likely N-dealkylation sites (N-methyl/N-ethyl adjacent to an activating group) is 1. The second kappa shape index (κ2) is 11.9. The SMILES string of the molecule is CCNC(=NCC(C(=O)N1CCOCC1)c1ccccc1)N(C)CCOCC1CC1. The third-order valence-corrected chi connectivity index (χ3v) is 5.56. The molecule has 1 atom stereocenters. The van der Waals surface area contributed by atoms with Gasteiger partial charge < -0.3 is 24.6 Å². The van der Waals surface area contributed by atoms with Gasteiger partial charge in [0.2, 0.25) is 5.91 Å². The molecule has 1 N–H and O–H groups in total. The van der Waals surface area contributed by atoms with Crippen molar-refractivity contribution in [2.75, 3.05) is 66.2 Å². The van der Waals surface area contributed by atoms with Crippen LogP contribution in [0.2, 0.25) is 0 Å². The van der Waals surface area contributed by atoms with Gasteiger partial charge in [0.15, 0.2) is 5.96 Å². The fraction of sp³-hybridized carbons (Fsp3) is 0.652. The molecule has 0 bridgehead atoms. The van der Waals surface area contributed by atoms with Crippen LogP contribution in [0.3, 0.4) is 0 Å². The highest BCUT2D eigenvalue weighted by Gasteiger charge is 2.27. The Morgan fingerprint density at radius 1 is 1.30 bits per heavy atom. The maximum absolute atomic E-state index is 13.3. The maximum atomic E-state index is 13.3. The van der Waals surface area contributed by atoms with E-state index in [0.717, 1.165) is 37.1 Å². The summed E-state index contributed by atoms with van der Waals surface area (Å²) in [6.07, 6.45) is 2.61. The summed E-state index contributed by atoms with van der Waals surface area (Å²) in [6, 6.07) is 9.96. The van der Waals surface area contributed by atoms with Crippen LogP contribution in [0.1, 0.15) is 31.2 Å². The number of hydrogen-bond donors (Lipinski definition) is 1. The monoisotopic (exact) mass is 416 g/mol. The Bertz CT molecular complexity index is 672. The molecular formula is C23H36N4O3. The Morgan fingerprint density at radius 2 is 2.03 bits per heavy atom. The summed E-state index contributed by atoms with van der Waals surface area (Å²) in [5, 5.41) is 3.35. The highest BCUT2D eigenvalue weighted by Crippen LogP contribution is 2.28. The fourth-order valence-electron chi connectivity index (χ4n) is 3.50. The number of aliphatic imine (C=N–C) groups is 1. The highest BCUT2D eigenvalue weighted by molar-refractivity contribution is 5.85. The molecule has 0 spiro atoms. The molecule has 30 heavy (non-hydrogen) atoms. The lowest BCUT2D eigenvalue weighted by Gasteiger charge is -2.30. The van der Waals surface area contributed by atoms with Crippen LogP contribution in [-0.2, 0) is 14.3 Å². The summed E-state index contributed by atoms with van der Waals surface area (Å²) in [4.78, 5) is 22.1. The Morgan fingerprint density at radius 3 is 2.70 bits per heavy atom. The Kier molecular flexibility index (Phi) is 8.96. The molecule has 1 saturated carbocycles. The first-order chi connectivity index (χ1) is 14.7. The van der Waals surface area contributed by atoms with Crippen LogP contribution in [-0.4, -0.2) is 87.9 Å². The van der Waals surface area contributed by atoms with Gasteiger partial charge in [-0.25, -0.2) is 0 Å². The molecule has 166 valence electrons. The van der Waals surface area contributed by atoms with Crippen molar-refractivity contribution in [3.8, 4) is 0 Å². The minimum Gasteiger partial charge on any atom is -0.379 e. The number of ether oxygens (including phenoxy) is 2. The molecule has 3 rings (SSSR count). The van der Waals surface area contributed by atoms with E-state index in [9.17, 15) is 4.79 Å². The molecule has 0 radical (unpaired) electrons. The van der Waals surface area contributed by atoms with E-state index in [0.29, 0.717) is 39.5 Å². The van der Waals surface area contributed by atoms with E-state index in [-0.39, 0.29) is 11.8 Å². The topological polar surface area (TPSA) is 66.4 Å². The Labute approximate surface area is 180 Å². The second-order valence-electron chi connectivity index (χ2n) is 8.04. The van der Waals surface area contributed by atoms with Crippen molar-refractivity contribution in [3.05, 3.63) is 35.9 Å². The van der Waals surface area contributed by atoms with Gasteiger partial charge in [0.05, 0.1) is 32.3 Å². The first-order valence-corrected chi connectivity index (χ1v) is 11.2. The van der Waals surface area contributed by atoms with Gasteiger partial charge >= 0.3 is 0 Å². The highest BCUT2D eigenvalue weighted by atomic mass is 16.5. The number of benzene rings is 1. The lowest BCUT2D eigenvalue weighted by atomic mass is 9.97. The van der Waals surface area contributed by atoms with Crippen molar-refractivity contribution in [2.45, 2.75) is 25.7 Å². The van der Waals surface area contributed by atoms with Gasteiger partial charge in [-0.1, -0.05) is 30.3 Å². The molecule has 7 heteroatoms. The number of nitrogens with one attached hydrogen (secondary N) is 1. The zero-order chi connectivity index (χ0) is 21.2. The smallest absolute Gasteiger partial charge is 0.232 e. The molecule has 2 aliphatic rings. The van der Waals surface area contributed by atoms with Gasteiger partial charge in [-0.15, -0.1) is 0 Å². The van der Waals surface area contributed by atoms with E-state index < -0.39 is 0 Å². The quantitative estimate of drug-likeness (QED) is 0.359. The number of carbonyl (C=O) groups is 1. The van der Waals surface area contributed by atoms with E-state index in [1.165, 1.54) is 12.8 Å². The first kappa shape index (κ1) is 22.6. The molecular weight excluding hydrogens is 380 g/mol. The largest absolute Gasteiger partial charge is 0.379 e. The molecule has 1 aliphatic heterocycles. The molecule has 1 heterocycles. The number of rotatable bonds is 10. The van der Waals surface area contributed by atoms with Gasteiger partial charge in [-0.05, 0) is 31.2 Å². The van der Waals surface area contributed by atoms with Crippen molar-refractivity contribution >= 4 is 11.9 Å². The first-order valence-electron chi connectivity index (χ1n) is 11.2. The number of hydrogen-bond acceptors (Lipinski definition) is 4. The van der Waals surface area contributed by atoms with E-state index in [1.54, 1.807) is 0 Å². The van der Waals surface area contributed by atoms with Crippen molar-refractivity contribution in [2.24, 2.45) is 10.9 Å². The average molecular weight is 417 g/mol. The number of guanidine groups is 1. The predicted octanol–water partition coefficient (Wildman–Crippen LogP) is 1.95. The molecule has 1 saturated heterocycles. The zero-order valence-corrected chi connectivity index (χ0v) is 18.4. The molecule has 1 aromatic rings. The van der Waals surface area contributed by atoms with Crippen LogP contribution in [0.5, 0.6) is 0 Å².